The van der Waals surface area contributed by atoms with Gasteiger partial charge in [0.25, 0.3) is 0 Å². The molecule has 1 aromatic rings. The molecule has 3 N–H and O–H groups in total. The number of benzene rings is 1. The van der Waals surface area contributed by atoms with Crippen molar-refractivity contribution in [2.24, 2.45) is 11.1 Å². The van der Waals surface area contributed by atoms with Gasteiger partial charge in [-0.1, -0.05) is 44.1 Å². The molecular formula is C14H19ClN2S. The topological polar surface area (TPSA) is 38.0 Å². The van der Waals surface area contributed by atoms with E-state index in [1.807, 2.05) is 18.2 Å². The van der Waals surface area contributed by atoms with Gasteiger partial charge < -0.3 is 11.1 Å². The average Bonchev–Trinajstić information content (AvgIpc) is 2.60. The van der Waals surface area contributed by atoms with Gasteiger partial charge in [0.05, 0.1) is 0 Å². The van der Waals surface area contributed by atoms with Crippen LogP contribution >= 0.6 is 23.8 Å². The van der Waals surface area contributed by atoms with Gasteiger partial charge in [0.2, 0.25) is 0 Å². The number of nitrogens with two attached hydrogens (primary N) is 1. The zero-order chi connectivity index (χ0) is 13.3. The van der Waals surface area contributed by atoms with Gasteiger partial charge in [-0.15, -0.1) is 0 Å². The van der Waals surface area contributed by atoms with Crippen LogP contribution in [0.5, 0.6) is 0 Å². The molecule has 1 aliphatic carbocycles. The third-order valence-corrected chi connectivity index (χ3v) is 4.29. The Labute approximate surface area is 119 Å². The van der Waals surface area contributed by atoms with Gasteiger partial charge in [0.15, 0.2) is 0 Å². The van der Waals surface area contributed by atoms with E-state index < -0.39 is 0 Å². The van der Waals surface area contributed by atoms with E-state index in [4.69, 9.17) is 29.6 Å². The first-order valence-corrected chi connectivity index (χ1v) is 7.05. The van der Waals surface area contributed by atoms with Gasteiger partial charge in [0.1, 0.15) is 4.99 Å². The number of anilines is 1. The molecule has 0 spiro atoms. The number of rotatable bonds is 3. The van der Waals surface area contributed by atoms with E-state index in [1.165, 1.54) is 19.3 Å². The Morgan fingerprint density at radius 3 is 2.78 bits per heavy atom. The largest absolute Gasteiger partial charge is 0.389 e. The Hall–Kier alpha value is -0.800. The number of thiocarbonyl (C=S) groups is 1. The van der Waals surface area contributed by atoms with Crippen molar-refractivity contribution in [3.8, 4) is 0 Å². The van der Waals surface area contributed by atoms with Crippen LogP contribution in [0.25, 0.3) is 0 Å². The van der Waals surface area contributed by atoms with Gasteiger partial charge in [-0.05, 0) is 36.5 Å². The minimum absolute atomic E-state index is 0.313. The van der Waals surface area contributed by atoms with Crippen molar-refractivity contribution in [3.05, 3.63) is 28.8 Å². The molecule has 1 unspecified atom stereocenters. The van der Waals surface area contributed by atoms with Crippen LogP contribution in [0.15, 0.2) is 18.2 Å². The van der Waals surface area contributed by atoms with E-state index >= 15 is 0 Å². The van der Waals surface area contributed by atoms with Gasteiger partial charge >= 0.3 is 0 Å². The van der Waals surface area contributed by atoms with E-state index in [2.05, 4.69) is 19.2 Å². The zero-order valence-corrected chi connectivity index (χ0v) is 12.4. The molecule has 0 saturated heterocycles. The van der Waals surface area contributed by atoms with Crippen LogP contribution < -0.4 is 11.1 Å². The molecule has 18 heavy (non-hydrogen) atoms. The summed E-state index contributed by atoms with van der Waals surface area (Å²) < 4.78 is 0. The van der Waals surface area contributed by atoms with Crippen molar-refractivity contribution < 1.29 is 0 Å². The molecule has 0 radical (unpaired) electrons. The summed E-state index contributed by atoms with van der Waals surface area (Å²) in [5.41, 5.74) is 7.90. The van der Waals surface area contributed by atoms with Crippen LogP contribution in [-0.4, -0.2) is 11.0 Å². The third-order valence-electron chi connectivity index (χ3n) is 3.83. The second-order valence-electron chi connectivity index (χ2n) is 5.63. The highest BCUT2D eigenvalue weighted by atomic mass is 35.5. The second kappa shape index (κ2) is 5.06. The van der Waals surface area contributed by atoms with E-state index in [0.29, 0.717) is 21.5 Å². The molecule has 1 aliphatic rings. The maximum Gasteiger partial charge on any atom is 0.106 e. The lowest BCUT2D eigenvalue weighted by Crippen LogP contribution is -2.31. The van der Waals surface area contributed by atoms with Gasteiger partial charge in [-0.3, -0.25) is 0 Å². The lowest BCUT2D eigenvalue weighted by atomic mass is 9.87. The minimum Gasteiger partial charge on any atom is -0.389 e. The Balaban J connectivity index is 2.26. The molecule has 0 aliphatic heterocycles. The number of hydrogen-bond donors (Lipinski definition) is 2. The molecule has 0 heterocycles. The summed E-state index contributed by atoms with van der Waals surface area (Å²) in [4.78, 5) is 0.385. The molecule has 2 rings (SSSR count). The Bertz CT molecular complexity index is 471. The standard InChI is InChI=1S/C14H19ClN2S/c1-14(2)7-3-4-12(14)17-11-6-5-9(15)8-10(11)13(16)18/h5-6,8,12,17H,3-4,7H2,1-2H3,(H2,16,18). The van der Waals surface area contributed by atoms with Crippen molar-refractivity contribution in [3.63, 3.8) is 0 Å². The van der Waals surface area contributed by atoms with E-state index in [0.717, 1.165) is 11.3 Å². The quantitative estimate of drug-likeness (QED) is 0.824. The van der Waals surface area contributed by atoms with Gasteiger partial charge in [0, 0.05) is 22.3 Å². The summed E-state index contributed by atoms with van der Waals surface area (Å²) >= 11 is 11.1. The van der Waals surface area contributed by atoms with Crippen molar-refractivity contribution in [1.29, 1.82) is 0 Å². The fraction of sp³-hybridized carbons (Fsp3) is 0.500. The normalized spacial score (nSPS) is 21.8. The average molecular weight is 283 g/mol. The monoisotopic (exact) mass is 282 g/mol. The molecule has 0 amide bonds. The van der Waals surface area contributed by atoms with Gasteiger partial charge in [-0.25, -0.2) is 0 Å². The third kappa shape index (κ3) is 2.78. The summed E-state index contributed by atoms with van der Waals surface area (Å²) in [5, 5.41) is 4.24. The summed E-state index contributed by atoms with van der Waals surface area (Å²) in [6, 6.07) is 6.12. The first kappa shape index (κ1) is 13.6. The SMILES string of the molecule is CC1(C)CCCC1Nc1ccc(Cl)cc1C(N)=S. The Morgan fingerprint density at radius 1 is 1.50 bits per heavy atom. The lowest BCUT2D eigenvalue weighted by Gasteiger charge is -2.29. The zero-order valence-electron chi connectivity index (χ0n) is 10.8. The predicted octanol–water partition coefficient (Wildman–Crippen LogP) is 3.96. The fourth-order valence-electron chi connectivity index (χ4n) is 2.63. The predicted molar refractivity (Wildman–Crippen MR) is 82.4 cm³/mol. The first-order chi connectivity index (χ1) is 8.40. The molecule has 1 saturated carbocycles. The summed E-state index contributed by atoms with van der Waals surface area (Å²) in [6.45, 7) is 4.60. The lowest BCUT2D eigenvalue weighted by molar-refractivity contribution is 0.350. The Kier molecular flexibility index (Phi) is 3.83. The van der Waals surface area contributed by atoms with Crippen LogP contribution in [0.4, 0.5) is 5.69 Å². The van der Waals surface area contributed by atoms with Crippen LogP contribution in [0.1, 0.15) is 38.7 Å². The highest BCUT2D eigenvalue weighted by Gasteiger charge is 2.34. The molecule has 4 heteroatoms. The summed E-state index contributed by atoms with van der Waals surface area (Å²) in [5.74, 6) is 0. The summed E-state index contributed by atoms with van der Waals surface area (Å²) in [7, 11) is 0. The van der Waals surface area contributed by atoms with Crippen molar-refractivity contribution >= 4 is 34.5 Å². The van der Waals surface area contributed by atoms with E-state index in [1.54, 1.807) is 0 Å². The molecule has 98 valence electrons. The van der Waals surface area contributed by atoms with Gasteiger partial charge in [-0.2, -0.15) is 0 Å². The number of nitrogens with one attached hydrogen (secondary N) is 1. The highest BCUT2D eigenvalue weighted by Crippen LogP contribution is 2.39. The maximum atomic E-state index is 5.99. The maximum absolute atomic E-state index is 5.99. The van der Waals surface area contributed by atoms with Crippen LogP contribution in [0.3, 0.4) is 0 Å². The molecule has 1 aromatic carbocycles. The van der Waals surface area contributed by atoms with Crippen LogP contribution in [0.2, 0.25) is 5.02 Å². The van der Waals surface area contributed by atoms with Crippen molar-refractivity contribution in [1.82, 2.24) is 0 Å². The molecule has 1 atom stereocenters. The van der Waals surface area contributed by atoms with E-state index in [9.17, 15) is 0 Å². The first-order valence-electron chi connectivity index (χ1n) is 6.26. The number of halogens is 1. The van der Waals surface area contributed by atoms with Crippen LogP contribution in [-0.2, 0) is 0 Å². The minimum atomic E-state index is 0.313. The Morgan fingerprint density at radius 2 is 2.22 bits per heavy atom. The second-order valence-corrected chi connectivity index (χ2v) is 6.51. The van der Waals surface area contributed by atoms with E-state index in [-0.39, 0.29) is 0 Å². The summed E-state index contributed by atoms with van der Waals surface area (Å²) in [6.07, 6.45) is 3.70. The van der Waals surface area contributed by atoms with Crippen molar-refractivity contribution in [2.45, 2.75) is 39.2 Å². The molecule has 2 nitrogen and oxygen atoms in total. The smallest absolute Gasteiger partial charge is 0.106 e. The van der Waals surface area contributed by atoms with Crippen molar-refractivity contribution in [2.75, 3.05) is 5.32 Å². The number of hydrogen-bond acceptors (Lipinski definition) is 2. The molecular weight excluding hydrogens is 264 g/mol. The molecule has 1 fully saturated rings. The van der Waals surface area contributed by atoms with Crippen LogP contribution in [0, 0.1) is 5.41 Å². The molecule has 0 bridgehead atoms. The highest BCUT2D eigenvalue weighted by molar-refractivity contribution is 7.80. The fourth-order valence-corrected chi connectivity index (χ4v) is 2.97. The molecule has 0 aromatic heterocycles.